The summed E-state index contributed by atoms with van der Waals surface area (Å²) in [4.78, 5) is 16.6. The monoisotopic (exact) mass is 469 g/mol. The zero-order valence-electron chi connectivity index (χ0n) is 16.8. The Balaban J connectivity index is 1.78. The van der Waals surface area contributed by atoms with E-state index in [1.807, 2.05) is 37.3 Å². The summed E-state index contributed by atoms with van der Waals surface area (Å²) in [6, 6.07) is 13.0. The highest BCUT2D eigenvalue weighted by Crippen LogP contribution is 2.36. The summed E-state index contributed by atoms with van der Waals surface area (Å²) in [5.41, 5.74) is 0.979. The summed E-state index contributed by atoms with van der Waals surface area (Å²) in [5.74, 6) is -0.176. The number of amides is 1. The van der Waals surface area contributed by atoms with Crippen molar-refractivity contribution in [3.63, 3.8) is 0 Å². The number of pyridine rings is 1. The van der Waals surface area contributed by atoms with Gasteiger partial charge in [-0.15, -0.1) is 0 Å². The lowest BCUT2D eigenvalue weighted by molar-refractivity contribution is 0.0932. The Labute approximate surface area is 187 Å². The van der Waals surface area contributed by atoms with Gasteiger partial charge < -0.3 is 5.32 Å². The number of carbonyl (C=O) groups excluding carboxylic acids is 1. The minimum atomic E-state index is -3.24. The van der Waals surface area contributed by atoms with Crippen LogP contribution in [0.5, 0.6) is 0 Å². The topological polar surface area (TPSA) is 79.4 Å². The van der Waals surface area contributed by atoms with Gasteiger partial charge in [0.25, 0.3) is 5.91 Å². The molecule has 1 aromatic heterocycles. The molecule has 1 aliphatic heterocycles. The first-order chi connectivity index (χ1) is 14.3. The summed E-state index contributed by atoms with van der Waals surface area (Å²) >= 11 is 11.9. The molecule has 2 heterocycles. The molecule has 1 aromatic carbocycles. The summed E-state index contributed by atoms with van der Waals surface area (Å²) in [6.45, 7) is 3.09. The molecule has 0 aliphatic carbocycles. The van der Waals surface area contributed by atoms with Gasteiger partial charge in [0.2, 0.25) is 10.0 Å². The van der Waals surface area contributed by atoms with Crippen molar-refractivity contribution in [2.45, 2.75) is 31.6 Å². The highest BCUT2D eigenvalue weighted by atomic mass is 35.5. The van der Waals surface area contributed by atoms with Crippen LogP contribution in [-0.4, -0.2) is 49.0 Å². The number of aromatic nitrogens is 1. The third-order valence-corrected chi connectivity index (χ3v) is 8.14. The summed E-state index contributed by atoms with van der Waals surface area (Å²) < 4.78 is 26.5. The van der Waals surface area contributed by atoms with Crippen molar-refractivity contribution in [3.05, 3.63) is 63.9 Å². The van der Waals surface area contributed by atoms with E-state index in [1.54, 1.807) is 10.4 Å². The predicted molar refractivity (Wildman–Crippen MR) is 120 cm³/mol. The van der Waals surface area contributed by atoms with Gasteiger partial charge in [0.15, 0.2) is 0 Å². The van der Waals surface area contributed by atoms with Crippen LogP contribution in [0.2, 0.25) is 10.3 Å². The van der Waals surface area contributed by atoms with Crippen molar-refractivity contribution >= 4 is 39.1 Å². The number of carbonyl (C=O) groups is 1. The van der Waals surface area contributed by atoms with Gasteiger partial charge in [-0.05, 0) is 37.0 Å². The van der Waals surface area contributed by atoms with Gasteiger partial charge in [-0.2, -0.15) is 0 Å². The average molecular weight is 470 g/mol. The largest absolute Gasteiger partial charge is 0.351 e. The van der Waals surface area contributed by atoms with Crippen molar-refractivity contribution in [3.8, 4) is 0 Å². The van der Waals surface area contributed by atoms with E-state index in [4.69, 9.17) is 23.2 Å². The molecule has 0 unspecified atom stereocenters. The molecule has 1 N–H and O–H groups in total. The second kappa shape index (κ2) is 9.64. The molecule has 1 saturated heterocycles. The van der Waals surface area contributed by atoms with Crippen LogP contribution < -0.4 is 5.32 Å². The SMILES string of the molecule is CCCS(=O)(=O)N1CCC(CNC(=O)c2ccc(Cl)nc2Cl)(c2ccccc2)CC1. The van der Waals surface area contributed by atoms with Gasteiger partial charge in [0.1, 0.15) is 10.3 Å². The molecule has 0 atom stereocenters. The number of rotatable bonds is 7. The van der Waals surface area contributed by atoms with E-state index >= 15 is 0 Å². The number of hydrogen-bond donors (Lipinski definition) is 1. The second-order valence-electron chi connectivity index (χ2n) is 7.52. The lowest BCUT2D eigenvalue weighted by Gasteiger charge is -2.42. The Morgan fingerprint density at radius 1 is 1.13 bits per heavy atom. The zero-order valence-corrected chi connectivity index (χ0v) is 19.1. The number of halogens is 2. The fourth-order valence-electron chi connectivity index (χ4n) is 3.86. The van der Waals surface area contributed by atoms with Gasteiger partial charge in [0, 0.05) is 25.0 Å². The third-order valence-electron chi connectivity index (χ3n) is 5.57. The van der Waals surface area contributed by atoms with E-state index in [1.165, 1.54) is 6.07 Å². The Hall–Kier alpha value is -1.67. The van der Waals surface area contributed by atoms with Crippen molar-refractivity contribution in [2.24, 2.45) is 0 Å². The first-order valence-electron chi connectivity index (χ1n) is 9.91. The molecule has 0 spiro atoms. The van der Waals surface area contributed by atoms with Crippen LogP contribution in [0.4, 0.5) is 0 Å². The van der Waals surface area contributed by atoms with Gasteiger partial charge in [-0.25, -0.2) is 17.7 Å². The Bertz CT molecular complexity index is 992. The lowest BCUT2D eigenvalue weighted by Crippen LogP contribution is -2.50. The Kier molecular flexibility index (Phi) is 7.39. The van der Waals surface area contributed by atoms with Crippen molar-refractivity contribution < 1.29 is 13.2 Å². The maximum Gasteiger partial charge on any atom is 0.254 e. The quantitative estimate of drug-likeness (QED) is 0.623. The molecule has 3 rings (SSSR count). The molecule has 6 nitrogen and oxygen atoms in total. The van der Waals surface area contributed by atoms with Gasteiger partial charge >= 0.3 is 0 Å². The minimum absolute atomic E-state index is 0.0502. The molecule has 0 radical (unpaired) electrons. The van der Waals surface area contributed by atoms with Crippen LogP contribution >= 0.6 is 23.2 Å². The summed E-state index contributed by atoms with van der Waals surface area (Å²) in [5, 5.41) is 3.24. The number of nitrogens with one attached hydrogen (secondary N) is 1. The van der Waals surface area contributed by atoms with Crippen LogP contribution in [0.15, 0.2) is 42.5 Å². The van der Waals surface area contributed by atoms with Crippen LogP contribution in [0, 0.1) is 0 Å². The Morgan fingerprint density at radius 3 is 2.40 bits per heavy atom. The lowest BCUT2D eigenvalue weighted by atomic mass is 9.73. The van der Waals surface area contributed by atoms with Crippen LogP contribution in [-0.2, 0) is 15.4 Å². The number of piperidine rings is 1. The second-order valence-corrected chi connectivity index (χ2v) is 10.4. The molecular weight excluding hydrogens is 445 g/mol. The van der Waals surface area contributed by atoms with Crippen LogP contribution in [0.1, 0.15) is 42.1 Å². The molecule has 1 fully saturated rings. The third kappa shape index (κ3) is 5.14. The highest BCUT2D eigenvalue weighted by Gasteiger charge is 2.39. The van der Waals surface area contributed by atoms with E-state index in [-0.39, 0.29) is 32.9 Å². The average Bonchev–Trinajstić information content (AvgIpc) is 2.73. The van der Waals surface area contributed by atoms with Crippen molar-refractivity contribution in [1.29, 1.82) is 0 Å². The van der Waals surface area contributed by atoms with Crippen molar-refractivity contribution in [1.82, 2.24) is 14.6 Å². The molecule has 1 aliphatic rings. The molecule has 9 heteroatoms. The summed E-state index contributed by atoms with van der Waals surface area (Å²) in [7, 11) is -3.24. The zero-order chi connectivity index (χ0) is 21.8. The highest BCUT2D eigenvalue weighted by molar-refractivity contribution is 7.89. The van der Waals surface area contributed by atoms with Crippen LogP contribution in [0.25, 0.3) is 0 Å². The predicted octanol–water partition coefficient (Wildman–Crippen LogP) is 3.89. The molecule has 162 valence electrons. The normalized spacial score (nSPS) is 16.9. The number of benzene rings is 1. The molecule has 1 amide bonds. The number of sulfonamides is 1. The van der Waals surface area contributed by atoms with E-state index in [9.17, 15) is 13.2 Å². The molecule has 2 aromatic rings. The van der Waals surface area contributed by atoms with E-state index < -0.39 is 10.0 Å². The fourth-order valence-corrected chi connectivity index (χ4v) is 5.81. The molecular formula is C21H25Cl2N3O3S. The number of hydrogen-bond acceptors (Lipinski definition) is 4. The van der Waals surface area contributed by atoms with E-state index in [2.05, 4.69) is 10.3 Å². The van der Waals surface area contributed by atoms with Crippen LogP contribution in [0.3, 0.4) is 0 Å². The fraction of sp³-hybridized carbons (Fsp3) is 0.429. The van der Waals surface area contributed by atoms with Gasteiger partial charge in [-0.3, -0.25) is 4.79 Å². The summed E-state index contributed by atoms with van der Waals surface area (Å²) in [6.07, 6.45) is 1.83. The first kappa shape index (κ1) is 23.0. The van der Waals surface area contributed by atoms with E-state index in [0.29, 0.717) is 38.9 Å². The Morgan fingerprint density at radius 2 is 1.80 bits per heavy atom. The van der Waals surface area contributed by atoms with Gasteiger partial charge in [0.05, 0.1) is 11.3 Å². The van der Waals surface area contributed by atoms with Crippen molar-refractivity contribution in [2.75, 3.05) is 25.4 Å². The van der Waals surface area contributed by atoms with Gasteiger partial charge in [-0.1, -0.05) is 60.5 Å². The molecule has 30 heavy (non-hydrogen) atoms. The molecule has 0 bridgehead atoms. The maximum absolute atomic E-state index is 12.7. The van der Waals surface area contributed by atoms with E-state index in [0.717, 1.165) is 5.56 Å². The first-order valence-corrected chi connectivity index (χ1v) is 12.3. The maximum atomic E-state index is 12.7. The molecule has 0 saturated carbocycles. The smallest absolute Gasteiger partial charge is 0.254 e. The number of nitrogens with zero attached hydrogens (tertiary/aromatic N) is 2. The minimum Gasteiger partial charge on any atom is -0.351 e. The standard InChI is InChI=1S/C21H25Cl2N3O3S/c1-2-14-30(28,29)26-12-10-21(11-13-26,16-6-4-3-5-7-16)15-24-20(27)17-8-9-18(22)25-19(17)23/h3-9H,2,10-15H2,1H3,(H,24,27).